The van der Waals surface area contributed by atoms with E-state index in [4.69, 9.17) is 0 Å². The Bertz CT molecular complexity index is 635. The van der Waals surface area contributed by atoms with Gasteiger partial charge in [0.2, 0.25) is 0 Å². The Morgan fingerprint density at radius 2 is 2.30 bits per heavy atom. The van der Waals surface area contributed by atoms with E-state index in [1.54, 1.807) is 16.5 Å². The molecule has 2 aromatic rings. The van der Waals surface area contributed by atoms with Gasteiger partial charge in [0.05, 0.1) is 11.7 Å². The lowest BCUT2D eigenvalue weighted by Crippen LogP contribution is -2.33. The fraction of sp³-hybridized carbons (Fsp3) is 0.467. The van der Waals surface area contributed by atoms with E-state index in [-0.39, 0.29) is 5.69 Å². The minimum Gasteiger partial charge on any atom is -0.477 e. The third-order valence-electron chi connectivity index (χ3n) is 4.09. The lowest BCUT2D eigenvalue weighted by Gasteiger charge is -2.33. The summed E-state index contributed by atoms with van der Waals surface area (Å²) in [4.78, 5) is 18.3. The molecule has 1 aliphatic rings. The Morgan fingerprint density at radius 3 is 3.05 bits per heavy atom. The molecule has 3 heterocycles. The molecule has 3 rings (SSSR count). The smallest absolute Gasteiger partial charge is 0.352 e. The Kier molecular flexibility index (Phi) is 3.44. The maximum Gasteiger partial charge on any atom is 0.352 e. The van der Waals surface area contributed by atoms with Crippen molar-refractivity contribution in [2.45, 2.75) is 32.2 Å². The van der Waals surface area contributed by atoms with Crippen molar-refractivity contribution >= 4 is 11.6 Å². The molecule has 5 nitrogen and oxygen atoms in total. The van der Waals surface area contributed by atoms with Gasteiger partial charge in [0.1, 0.15) is 11.3 Å². The summed E-state index contributed by atoms with van der Waals surface area (Å²) in [5.74, 6) is -0.921. The number of carbonyl (C=O) groups is 1. The number of nitrogens with zero attached hydrogens (tertiary/aromatic N) is 3. The van der Waals surface area contributed by atoms with Crippen LogP contribution < -0.4 is 0 Å². The number of piperidine rings is 1. The molecular formula is C15H19N3O2. The van der Waals surface area contributed by atoms with Crippen LogP contribution in [-0.4, -0.2) is 38.4 Å². The molecule has 1 fully saturated rings. The van der Waals surface area contributed by atoms with Crippen LogP contribution in [0, 0.1) is 0 Å². The number of fused-ring (bicyclic) bond motifs is 1. The van der Waals surface area contributed by atoms with Gasteiger partial charge in [0, 0.05) is 6.20 Å². The van der Waals surface area contributed by atoms with Crippen LogP contribution in [0.15, 0.2) is 24.4 Å². The summed E-state index contributed by atoms with van der Waals surface area (Å²) in [6.45, 7) is 4.27. The van der Waals surface area contributed by atoms with Crippen LogP contribution in [0.2, 0.25) is 0 Å². The van der Waals surface area contributed by atoms with Gasteiger partial charge in [0.15, 0.2) is 0 Å². The van der Waals surface area contributed by atoms with Crippen LogP contribution in [0.3, 0.4) is 0 Å². The number of carboxylic acid groups (broad SMARTS) is 1. The van der Waals surface area contributed by atoms with Gasteiger partial charge in [-0.2, -0.15) is 0 Å². The third-order valence-corrected chi connectivity index (χ3v) is 4.09. The summed E-state index contributed by atoms with van der Waals surface area (Å²) < 4.78 is 1.68. The third kappa shape index (κ3) is 2.18. The van der Waals surface area contributed by atoms with Gasteiger partial charge in [-0.25, -0.2) is 9.78 Å². The van der Waals surface area contributed by atoms with E-state index in [2.05, 4.69) is 16.8 Å². The van der Waals surface area contributed by atoms with Crippen molar-refractivity contribution in [3.8, 4) is 0 Å². The monoisotopic (exact) mass is 273 g/mol. The molecule has 0 saturated carbocycles. The molecule has 0 bridgehead atoms. The zero-order valence-corrected chi connectivity index (χ0v) is 11.6. The number of hydrogen-bond acceptors (Lipinski definition) is 3. The van der Waals surface area contributed by atoms with Crippen molar-refractivity contribution in [2.75, 3.05) is 13.1 Å². The number of aromatic carboxylic acids is 1. The lowest BCUT2D eigenvalue weighted by atomic mass is 10.00. The number of carboxylic acids is 1. The van der Waals surface area contributed by atoms with Crippen LogP contribution in [0.1, 0.15) is 48.4 Å². The maximum atomic E-state index is 11.3. The predicted molar refractivity (Wildman–Crippen MR) is 76.0 cm³/mol. The molecule has 1 aliphatic heterocycles. The van der Waals surface area contributed by atoms with Crippen molar-refractivity contribution in [1.29, 1.82) is 0 Å². The van der Waals surface area contributed by atoms with E-state index in [1.165, 1.54) is 12.8 Å². The zero-order chi connectivity index (χ0) is 14.1. The van der Waals surface area contributed by atoms with Gasteiger partial charge in [-0.3, -0.25) is 9.30 Å². The number of hydrogen-bond donors (Lipinski definition) is 1. The maximum absolute atomic E-state index is 11.3. The lowest BCUT2D eigenvalue weighted by molar-refractivity contribution is 0.0689. The van der Waals surface area contributed by atoms with E-state index in [9.17, 15) is 9.90 Å². The highest BCUT2D eigenvalue weighted by atomic mass is 16.4. The van der Waals surface area contributed by atoms with Crippen molar-refractivity contribution < 1.29 is 9.90 Å². The SMILES string of the molecule is CCN1CCCCC1c1cn2c(C(=O)O)cccc2n1. The number of likely N-dealkylation sites (tertiary alicyclic amines) is 1. The van der Waals surface area contributed by atoms with Gasteiger partial charge in [-0.15, -0.1) is 0 Å². The van der Waals surface area contributed by atoms with E-state index in [0.717, 1.165) is 25.2 Å². The Hall–Kier alpha value is -1.88. The predicted octanol–water partition coefficient (Wildman–Crippen LogP) is 2.58. The van der Waals surface area contributed by atoms with Gasteiger partial charge >= 0.3 is 5.97 Å². The van der Waals surface area contributed by atoms with Crippen molar-refractivity contribution in [3.05, 3.63) is 35.8 Å². The second-order valence-electron chi connectivity index (χ2n) is 5.25. The summed E-state index contributed by atoms with van der Waals surface area (Å²) in [7, 11) is 0. The molecule has 0 spiro atoms. The first-order chi connectivity index (χ1) is 9.70. The standard InChI is InChI=1S/C15H19N3O2/c1-2-17-9-4-3-6-12(17)11-10-18-13(15(19)20)7-5-8-14(18)16-11/h5,7-8,10,12H,2-4,6,9H2,1H3,(H,19,20). The highest BCUT2D eigenvalue weighted by molar-refractivity contribution is 5.86. The molecule has 0 amide bonds. The van der Waals surface area contributed by atoms with E-state index >= 15 is 0 Å². The van der Waals surface area contributed by atoms with Gasteiger partial charge in [-0.05, 0) is 38.1 Å². The van der Waals surface area contributed by atoms with Crippen molar-refractivity contribution in [1.82, 2.24) is 14.3 Å². The van der Waals surface area contributed by atoms with Crippen LogP contribution in [0.25, 0.3) is 5.65 Å². The summed E-state index contributed by atoms with van der Waals surface area (Å²) >= 11 is 0. The molecule has 1 unspecified atom stereocenters. The molecule has 2 aromatic heterocycles. The fourth-order valence-corrected chi connectivity index (χ4v) is 3.07. The number of imidazole rings is 1. The molecule has 1 saturated heterocycles. The first-order valence-electron chi connectivity index (χ1n) is 7.16. The summed E-state index contributed by atoms with van der Waals surface area (Å²) in [6.07, 6.45) is 5.43. The van der Waals surface area contributed by atoms with Crippen molar-refractivity contribution in [2.24, 2.45) is 0 Å². The highest BCUT2D eigenvalue weighted by Crippen LogP contribution is 2.30. The summed E-state index contributed by atoms with van der Waals surface area (Å²) in [5.41, 5.74) is 1.96. The first kappa shape index (κ1) is 13.1. The van der Waals surface area contributed by atoms with Crippen molar-refractivity contribution in [3.63, 3.8) is 0 Å². The molecule has 0 aromatic carbocycles. The summed E-state index contributed by atoms with van der Waals surface area (Å²) in [5, 5.41) is 9.24. The molecule has 20 heavy (non-hydrogen) atoms. The zero-order valence-electron chi connectivity index (χ0n) is 11.6. The van der Waals surface area contributed by atoms with Crippen LogP contribution in [0.4, 0.5) is 0 Å². The molecular weight excluding hydrogens is 254 g/mol. The Balaban J connectivity index is 2.04. The Labute approximate surface area is 117 Å². The molecule has 1 N–H and O–H groups in total. The fourth-order valence-electron chi connectivity index (χ4n) is 3.07. The van der Waals surface area contributed by atoms with Crippen LogP contribution >= 0.6 is 0 Å². The number of pyridine rings is 1. The van der Waals surface area contributed by atoms with Crippen LogP contribution in [0.5, 0.6) is 0 Å². The number of rotatable bonds is 3. The quantitative estimate of drug-likeness (QED) is 0.933. The van der Waals surface area contributed by atoms with Gasteiger partial charge in [-0.1, -0.05) is 19.4 Å². The normalized spacial score (nSPS) is 20.4. The second kappa shape index (κ2) is 5.25. The first-order valence-corrected chi connectivity index (χ1v) is 7.16. The largest absolute Gasteiger partial charge is 0.477 e. The van der Waals surface area contributed by atoms with E-state index in [1.807, 2.05) is 12.3 Å². The van der Waals surface area contributed by atoms with Crippen LogP contribution in [-0.2, 0) is 0 Å². The minimum absolute atomic E-state index is 0.264. The Morgan fingerprint density at radius 1 is 1.45 bits per heavy atom. The average molecular weight is 273 g/mol. The second-order valence-corrected chi connectivity index (χ2v) is 5.25. The van der Waals surface area contributed by atoms with Gasteiger partial charge in [0.25, 0.3) is 0 Å². The highest BCUT2D eigenvalue weighted by Gasteiger charge is 2.25. The molecule has 1 atom stereocenters. The topological polar surface area (TPSA) is 57.8 Å². The average Bonchev–Trinajstić information content (AvgIpc) is 2.90. The van der Waals surface area contributed by atoms with E-state index in [0.29, 0.717) is 11.7 Å². The summed E-state index contributed by atoms with van der Waals surface area (Å²) in [6, 6.07) is 5.53. The molecule has 106 valence electrons. The number of aromatic nitrogens is 2. The molecule has 0 aliphatic carbocycles. The van der Waals surface area contributed by atoms with Gasteiger partial charge < -0.3 is 5.11 Å². The van der Waals surface area contributed by atoms with E-state index < -0.39 is 5.97 Å². The molecule has 0 radical (unpaired) electrons. The minimum atomic E-state index is -0.921. The molecule has 5 heteroatoms.